The third-order valence-corrected chi connectivity index (χ3v) is 6.80. The normalized spacial score (nSPS) is 34.6. The minimum Gasteiger partial charge on any atom is -0.373 e. The average Bonchev–Trinajstić information content (AvgIpc) is 3.26. The van der Waals surface area contributed by atoms with Gasteiger partial charge in [-0.15, -0.1) is 0 Å². The zero-order chi connectivity index (χ0) is 19.0. The fourth-order valence-electron chi connectivity index (χ4n) is 5.33. The lowest BCUT2D eigenvalue weighted by Crippen LogP contribution is -2.50. The predicted molar refractivity (Wildman–Crippen MR) is 98.7 cm³/mol. The number of fused-ring (bicyclic) bond motifs is 5. The van der Waals surface area contributed by atoms with Gasteiger partial charge in [0, 0.05) is 19.1 Å². The van der Waals surface area contributed by atoms with Crippen LogP contribution < -0.4 is 10.6 Å². The number of ether oxygens (including phenoxy) is 1. The Morgan fingerprint density at radius 1 is 1.00 bits per heavy atom. The van der Waals surface area contributed by atoms with Crippen LogP contribution in [0.4, 0.5) is 0 Å². The summed E-state index contributed by atoms with van der Waals surface area (Å²) >= 11 is 0. The number of hydrogen-bond acceptors (Lipinski definition) is 5. The molecule has 1 aliphatic carbocycles. The number of nitrogens with zero attached hydrogens (tertiary/aromatic N) is 1. The molecule has 150 valence electrons. The number of carbonyl (C=O) groups excluding carboxylic acids is 3. The van der Waals surface area contributed by atoms with Crippen LogP contribution >= 0.6 is 0 Å². The van der Waals surface area contributed by atoms with E-state index in [-0.39, 0.29) is 41.8 Å². The van der Waals surface area contributed by atoms with Gasteiger partial charge in [0.15, 0.2) is 0 Å². The standard InChI is InChI=1S/C20H31N3O4/c1-12(18(24)22-11-10-21-13-6-4-2-3-5-7-13)23-19(25)16-14-8-9-15(27-14)17(16)20(23)26/h12-17,21H,2-11H2,1H3,(H,22,24). The van der Waals surface area contributed by atoms with Gasteiger partial charge in [0.1, 0.15) is 6.04 Å². The molecule has 0 aromatic carbocycles. The van der Waals surface area contributed by atoms with Crippen molar-refractivity contribution in [2.75, 3.05) is 13.1 Å². The van der Waals surface area contributed by atoms with E-state index in [0.717, 1.165) is 12.8 Å². The number of imide groups is 1. The summed E-state index contributed by atoms with van der Waals surface area (Å²) < 4.78 is 5.74. The summed E-state index contributed by atoms with van der Waals surface area (Å²) in [5.74, 6) is -1.45. The van der Waals surface area contributed by atoms with Crippen molar-refractivity contribution in [2.45, 2.75) is 82.6 Å². The molecule has 4 fully saturated rings. The maximum absolute atomic E-state index is 12.7. The fourth-order valence-corrected chi connectivity index (χ4v) is 5.33. The molecule has 1 saturated carbocycles. The highest BCUT2D eigenvalue weighted by Crippen LogP contribution is 2.48. The highest BCUT2D eigenvalue weighted by atomic mass is 16.5. The first kappa shape index (κ1) is 18.9. The van der Waals surface area contributed by atoms with Gasteiger partial charge in [-0.2, -0.15) is 0 Å². The molecule has 0 aromatic rings. The largest absolute Gasteiger partial charge is 0.373 e. The van der Waals surface area contributed by atoms with Crippen LogP contribution in [0.5, 0.6) is 0 Å². The van der Waals surface area contributed by atoms with Gasteiger partial charge in [0.25, 0.3) is 0 Å². The Morgan fingerprint density at radius 3 is 2.19 bits per heavy atom. The van der Waals surface area contributed by atoms with Crippen LogP contribution in [0.3, 0.4) is 0 Å². The van der Waals surface area contributed by atoms with Gasteiger partial charge in [0.05, 0.1) is 24.0 Å². The molecule has 3 amide bonds. The second-order valence-electron chi connectivity index (χ2n) is 8.50. The van der Waals surface area contributed by atoms with Crippen molar-refractivity contribution < 1.29 is 19.1 Å². The van der Waals surface area contributed by atoms with Crippen molar-refractivity contribution in [1.29, 1.82) is 0 Å². The van der Waals surface area contributed by atoms with Gasteiger partial charge in [-0.25, -0.2) is 0 Å². The third kappa shape index (κ3) is 3.51. The van der Waals surface area contributed by atoms with Crippen LogP contribution in [0.1, 0.15) is 58.3 Å². The van der Waals surface area contributed by atoms with E-state index in [2.05, 4.69) is 10.6 Å². The van der Waals surface area contributed by atoms with Crippen LogP contribution in [0.2, 0.25) is 0 Å². The maximum Gasteiger partial charge on any atom is 0.243 e. The topological polar surface area (TPSA) is 87.7 Å². The number of likely N-dealkylation sites (tertiary alicyclic amines) is 1. The minimum atomic E-state index is -0.757. The zero-order valence-corrected chi connectivity index (χ0v) is 16.1. The molecule has 5 atom stereocenters. The zero-order valence-electron chi connectivity index (χ0n) is 16.1. The lowest BCUT2D eigenvalue weighted by atomic mass is 9.81. The second kappa shape index (κ2) is 7.87. The summed E-state index contributed by atoms with van der Waals surface area (Å²) in [6, 6.07) is -0.216. The molecule has 5 unspecified atom stereocenters. The van der Waals surface area contributed by atoms with Crippen molar-refractivity contribution >= 4 is 17.7 Å². The molecule has 0 aromatic heterocycles. The molecule has 4 aliphatic rings. The molecular weight excluding hydrogens is 346 g/mol. The molecule has 2 bridgehead atoms. The van der Waals surface area contributed by atoms with Crippen molar-refractivity contribution in [2.24, 2.45) is 11.8 Å². The van der Waals surface area contributed by atoms with Gasteiger partial charge in [-0.1, -0.05) is 25.7 Å². The first-order chi connectivity index (χ1) is 13.1. The van der Waals surface area contributed by atoms with E-state index in [1.165, 1.54) is 43.4 Å². The Bertz CT molecular complexity index is 574. The van der Waals surface area contributed by atoms with E-state index in [9.17, 15) is 14.4 Å². The quantitative estimate of drug-likeness (QED) is 0.409. The van der Waals surface area contributed by atoms with Crippen LogP contribution in [0.25, 0.3) is 0 Å². The predicted octanol–water partition coefficient (Wildman–Crippen LogP) is 0.966. The van der Waals surface area contributed by atoms with E-state index in [4.69, 9.17) is 4.74 Å². The Kier molecular flexibility index (Phi) is 5.50. The lowest BCUT2D eigenvalue weighted by molar-refractivity contribution is -0.149. The molecule has 2 N–H and O–H groups in total. The lowest BCUT2D eigenvalue weighted by Gasteiger charge is -2.24. The fraction of sp³-hybridized carbons (Fsp3) is 0.850. The molecular formula is C20H31N3O4. The Morgan fingerprint density at radius 2 is 1.59 bits per heavy atom. The van der Waals surface area contributed by atoms with E-state index < -0.39 is 6.04 Å². The van der Waals surface area contributed by atoms with Crippen LogP contribution in [0, 0.1) is 11.8 Å². The Hall–Kier alpha value is -1.47. The average molecular weight is 377 g/mol. The molecule has 0 radical (unpaired) electrons. The molecule has 3 saturated heterocycles. The first-order valence-electron chi connectivity index (χ1n) is 10.6. The van der Waals surface area contributed by atoms with Crippen molar-refractivity contribution in [1.82, 2.24) is 15.5 Å². The number of carbonyl (C=O) groups is 3. The Labute approximate surface area is 160 Å². The summed E-state index contributed by atoms with van der Waals surface area (Å²) in [6.07, 6.45) is 8.99. The van der Waals surface area contributed by atoms with E-state index in [1.54, 1.807) is 6.92 Å². The molecule has 7 heteroatoms. The molecule has 7 nitrogen and oxygen atoms in total. The summed E-state index contributed by atoms with van der Waals surface area (Å²) in [5, 5.41) is 6.40. The third-order valence-electron chi connectivity index (χ3n) is 6.80. The van der Waals surface area contributed by atoms with Gasteiger partial charge in [-0.3, -0.25) is 19.3 Å². The summed E-state index contributed by atoms with van der Waals surface area (Å²) in [4.78, 5) is 39.2. The monoisotopic (exact) mass is 377 g/mol. The van der Waals surface area contributed by atoms with Crippen LogP contribution in [0.15, 0.2) is 0 Å². The van der Waals surface area contributed by atoms with Gasteiger partial charge < -0.3 is 15.4 Å². The second-order valence-corrected chi connectivity index (χ2v) is 8.50. The van der Waals surface area contributed by atoms with E-state index >= 15 is 0 Å². The number of rotatable bonds is 6. The SMILES string of the molecule is CC(C(=O)NCCNC1CCCCCC1)N1C(=O)C2C3CCC(O3)C2C1=O. The highest BCUT2D eigenvalue weighted by molar-refractivity contribution is 6.09. The van der Waals surface area contributed by atoms with Crippen molar-refractivity contribution in [3.05, 3.63) is 0 Å². The number of hydrogen-bond donors (Lipinski definition) is 2. The minimum absolute atomic E-state index is 0.138. The van der Waals surface area contributed by atoms with Crippen LogP contribution in [-0.4, -0.2) is 60.0 Å². The molecule has 3 heterocycles. The highest BCUT2D eigenvalue weighted by Gasteiger charge is 2.63. The van der Waals surface area contributed by atoms with Crippen molar-refractivity contribution in [3.63, 3.8) is 0 Å². The van der Waals surface area contributed by atoms with Crippen molar-refractivity contribution in [3.8, 4) is 0 Å². The molecule has 27 heavy (non-hydrogen) atoms. The smallest absolute Gasteiger partial charge is 0.243 e. The van der Waals surface area contributed by atoms with E-state index in [0.29, 0.717) is 19.1 Å². The molecule has 3 aliphatic heterocycles. The maximum atomic E-state index is 12.7. The number of nitrogens with one attached hydrogen (secondary N) is 2. The van der Waals surface area contributed by atoms with E-state index in [1.807, 2.05) is 0 Å². The number of amides is 3. The summed E-state index contributed by atoms with van der Waals surface area (Å²) in [7, 11) is 0. The molecule has 4 rings (SSSR count). The summed E-state index contributed by atoms with van der Waals surface area (Å²) in [5.41, 5.74) is 0. The Balaban J connectivity index is 1.25. The van der Waals surface area contributed by atoms with Crippen LogP contribution in [-0.2, 0) is 19.1 Å². The first-order valence-corrected chi connectivity index (χ1v) is 10.6. The van der Waals surface area contributed by atoms with Gasteiger partial charge in [-0.05, 0) is 32.6 Å². The summed E-state index contributed by atoms with van der Waals surface area (Å²) in [6.45, 7) is 2.87. The molecule has 0 spiro atoms. The van der Waals surface area contributed by atoms with Gasteiger partial charge in [0.2, 0.25) is 17.7 Å². The van der Waals surface area contributed by atoms with Gasteiger partial charge >= 0.3 is 0 Å².